The van der Waals surface area contributed by atoms with Crippen molar-refractivity contribution in [3.63, 3.8) is 0 Å². The van der Waals surface area contributed by atoms with Crippen LogP contribution < -0.4 is 9.64 Å². The molecule has 1 atom stereocenters. The minimum absolute atomic E-state index is 0.0254. The second-order valence-corrected chi connectivity index (χ2v) is 9.68. The molecular formula is C28H26ClNO4. The highest BCUT2D eigenvalue weighted by Gasteiger charge is 2.47. The highest BCUT2D eigenvalue weighted by molar-refractivity contribution is 6.51. The standard InChI is InChI=1S/C28H26ClNO4/c1-28(2,3)19-9-13-21(14-10-19)30-24(17-7-15-22(34-4)16-8-17)23(26(32)27(30)33)25(31)18-5-11-20(29)12-6-18/h5-16,24,31H,1-4H3/b25-23+. The van der Waals surface area contributed by atoms with Gasteiger partial charge in [0.25, 0.3) is 11.7 Å². The first-order valence-corrected chi connectivity index (χ1v) is 11.3. The molecular weight excluding hydrogens is 450 g/mol. The van der Waals surface area contributed by atoms with Crippen molar-refractivity contribution in [1.82, 2.24) is 0 Å². The molecule has 0 aliphatic carbocycles. The molecule has 0 radical (unpaired) electrons. The van der Waals surface area contributed by atoms with Gasteiger partial charge in [-0.15, -0.1) is 0 Å². The van der Waals surface area contributed by atoms with Gasteiger partial charge in [-0.2, -0.15) is 0 Å². The number of ketones is 1. The van der Waals surface area contributed by atoms with Gasteiger partial charge < -0.3 is 9.84 Å². The van der Waals surface area contributed by atoms with Gasteiger partial charge in [-0.3, -0.25) is 14.5 Å². The second kappa shape index (κ2) is 8.99. The lowest BCUT2D eigenvalue weighted by atomic mass is 9.87. The van der Waals surface area contributed by atoms with Crippen LogP contribution in [0.4, 0.5) is 5.69 Å². The van der Waals surface area contributed by atoms with Crippen LogP contribution >= 0.6 is 11.6 Å². The Balaban J connectivity index is 1.89. The summed E-state index contributed by atoms with van der Waals surface area (Å²) in [6.45, 7) is 6.33. The van der Waals surface area contributed by atoms with Gasteiger partial charge in [0.1, 0.15) is 11.5 Å². The molecule has 1 heterocycles. The maximum absolute atomic E-state index is 13.3. The van der Waals surface area contributed by atoms with Gasteiger partial charge in [-0.05, 0) is 65.1 Å². The molecule has 174 valence electrons. The number of benzene rings is 3. The van der Waals surface area contributed by atoms with Crippen LogP contribution in [0, 0.1) is 0 Å². The number of rotatable bonds is 4. The summed E-state index contributed by atoms with van der Waals surface area (Å²) in [5.41, 5.74) is 2.73. The zero-order chi connectivity index (χ0) is 24.6. The first-order chi connectivity index (χ1) is 16.1. The SMILES string of the molecule is COc1ccc(C2/C(=C(\O)c3ccc(Cl)cc3)C(=O)C(=O)N2c2ccc(C(C)(C)C)cc2)cc1. The van der Waals surface area contributed by atoms with Crippen LogP contribution in [0.25, 0.3) is 5.76 Å². The van der Waals surface area contributed by atoms with Crippen molar-refractivity contribution < 1.29 is 19.4 Å². The predicted molar refractivity (Wildman–Crippen MR) is 134 cm³/mol. The van der Waals surface area contributed by atoms with Gasteiger partial charge in [0.15, 0.2) is 0 Å². The van der Waals surface area contributed by atoms with E-state index in [2.05, 4.69) is 20.8 Å². The third kappa shape index (κ3) is 4.31. The molecule has 3 aromatic rings. The summed E-state index contributed by atoms with van der Waals surface area (Å²) >= 11 is 5.99. The summed E-state index contributed by atoms with van der Waals surface area (Å²) in [5.74, 6) is -1.04. The molecule has 1 saturated heterocycles. The van der Waals surface area contributed by atoms with Crippen molar-refractivity contribution in [3.05, 3.63) is 100 Å². The number of anilines is 1. The smallest absolute Gasteiger partial charge is 0.300 e. The Morgan fingerprint density at radius 2 is 1.50 bits per heavy atom. The van der Waals surface area contributed by atoms with Crippen LogP contribution in [0.3, 0.4) is 0 Å². The molecule has 1 N–H and O–H groups in total. The fraction of sp³-hybridized carbons (Fsp3) is 0.214. The molecule has 0 bridgehead atoms. The first kappa shape index (κ1) is 23.6. The van der Waals surface area contributed by atoms with Gasteiger partial charge >= 0.3 is 0 Å². The largest absolute Gasteiger partial charge is 0.507 e. The van der Waals surface area contributed by atoms with Crippen molar-refractivity contribution in [1.29, 1.82) is 0 Å². The van der Waals surface area contributed by atoms with Crippen molar-refractivity contribution in [2.75, 3.05) is 12.0 Å². The molecule has 34 heavy (non-hydrogen) atoms. The van der Waals surface area contributed by atoms with Crippen molar-refractivity contribution in [2.24, 2.45) is 0 Å². The average Bonchev–Trinajstić information content (AvgIpc) is 3.09. The summed E-state index contributed by atoms with van der Waals surface area (Å²) in [4.78, 5) is 28.0. The number of hydrogen-bond donors (Lipinski definition) is 1. The number of aliphatic hydroxyl groups is 1. The predicted octanol–water partition coefficient (Wildman–Crippen LogP) is 6.27. The summed E-state index contributed by atoms with van der Waals surface area (Å²) in [7, 11) is 1.57. The van der Waals surface area contributed by atoms with E-state index in [1.165, 1.54) is 4.90 Å². The van der Waals surface area contributed by atoms with E-state index in [1.54, 1.807) is 55.6 Å². The van der Waals surface area contributed by atoms with E-state index in [0.29, 0.717) is 27.6 Å². The number of carbonyl (C=O) groups is 2. The van der Waals surface area contributed by atoms with Crippen LogP contribution in [0.2, 0.25) is 5.02 Å². The lowest BCUT2D eigenvalue weighted by molar-refractivity contribution is -0.132. The Bertz CT molecular complexity index is 1250. The van der Waals surface area contributed by atoms with Crippen LogP contribution in [0.5, 0.6) is 5.75 Å². The topological polar surface area (TPSA) is 66.8 Å². The van der Waals surface area contributed by atoms with Crippen molar-refractivity contribution in [2.45, 2.75) is 32.2 Å². The Labute approximate surface area is 204 Å². The van der Waals surface area contributed by atoms with E-state index < -0.39 is 17.7 Å². The Morgan fingerprint density at radius 1 is 0.912 bits per heavy atom. The Hall–Kier alpha value is -3.57. The normalized spacial score (nSPS) is 17.8. The van der Waals surface area contributed by atoms with Crippen LogP contribution in [-0.2, 0) is 15.0 Å². The number of halogens is 1. The third-order valence-corrected chi connectivity index (χ3v) is 6.26. The maximum atomic E-state index is 13.3. The van der Waals surface area contributed by atoms with Crippen LogP contribution in [0.1, 0.15) is 43.5 Å². The lowest BCUT2D eigenvalue weighted by Gasteiger charge is -2.27. The molecule has 0 spiro atoms. The molecule has 1 unspecified atom stereocenters. The van der Waals surface area contributed by atoms with Gasteiger partial charge in [-0.25, -0.2) is 0 Å². The van der Waals surface area contributed by atoms with Gasteiger partial charge in [0, 0.05) is 16.3 Å². The number of ether oxygens (including phenoxy) is 1. The Kier molecular flexibility index (Phi) is 6.24. The molecule has 5 nitrogen and oxygen atoms in total. The molecule has 6 heteroatoms. The molecule has 1 amide bonds. The quantitative estimate of drug-likeness (QED) is 0.274. The zero-order valence-electron chi connectivity index (χ0n) is 19.5. The highest BCUT2D eigenvalue weighted by Crippen LogP contribution is 2.43. The van der Waals surface area contributed by atoms with Gasteiger partial charge in [-0.1, -0.05) is 56.6 Å². The number of hydrogen-bond acceptors (Lipinski definition) is 4. The van der Waals surface area contributed by atoms with E-state index >= 15 is 0 Å². The number of methoxy groups -OCH3 is 1. The second-order valence-electron chi connectivity index (χ2n) is 9.25. The van der Waals surface area contributed by atoms with Crippen molar-refractivity contribution in [3.8, 4) is 5.75 Å². The number of carbonyl (C=O) groups excluding carboxylic acids is 2. The molecule has 1 aliphatic rings. The molecule has 1 fully saturated rings. The fourth-order valence-corrected chi connectivity index (χ4v) is 4.21. The van der Waals surface area contributed by atoms with Crippen LogP contribution in [-0.4, -0.2) is 23.9 Å². The maximum Gasteiger partial charge on any atom is 0.300 e. The van der Waals surface area contributed by atoms with E-state index in [0.717, 1.165) is 5.56 Å². The number of amides is 1. The molecule has 0 saturated carbocycles. The summed E-state index contributed by atoms with van der Waals surface area (Å²) in [6, 6.07) is 20.4. The molecule has 4 rings (SSSR count). The minimum atomic E-state index is -0.804. The molecule has 0 aromatic heterocycles. The molecule has 1 aliphatic heterocycles. The number of aliphatic hydroxyl groups excluding tert-OH is 1. The van der Waals surface area contributed by atoms with E-state index in [4.69, 9.17) is 16.3 Å². The van der Waals surface area contributed by atoms with Gasteiger partial charge in [0.05, 0.1) is 18.7 Å². The fourth-order valence-electron chi connectivity index (χ4n) is 4.09. The summed E-state index contributed by atoms with van der Waals surface area (Å²) in [6.07, 6.45) is 0. The number of Topliss-reactive ketones (excluding diaryl/α,β-unsaturated/α-hetero) is 1. The first-order valence-electron chi connectivity index (χ1n) is 10.9. The zero-order valence-corrected chi connectivity index (χ0v) is 20.3. The summed E-state index contributed by atoms with van der Waals surface area (Å²) < 4.78 is 5.26. The van der Waals surface area contributed by atoms with Gasteiger partial charge in [0.2, 0.25) is 0 Å². The lowest BCUT2D eigenvalue weighted by Crippen LogP contribution is -2.29. The van der Waals surface area contributed by atoms with Crippen molar-refractivity contribution >= 4 is 34.7 Å². The highest BCUT2D eigenvalue weighted by atomic mass is 35.5. The van der Waals surface area contributed by atoms with E-state index in [1.807, 2.05) is 24.3 Å². The van der Waals surface area contributed by atoms with E-state index in [9.17, 15) is 14.7 Å². The summed E-state index contributed by atoms with van der Waals surface area (Å²) in [5, 5.41) is 11.7. The monoisotopic (exact) mass is 475 g/mol. The average molecular weight is 476 g/mol. The molecule has 3 aromatic carbocycles. The van der Waals surface area contributed by atoms with E-state index in [-0.39, 0.29) is 16.7 Å². The number of nitrogens with zero attached hydrogens (tertiary/aromatic N) is 1. The Morgan fingerprint density at radius 3 is 2.03 bits per heavy atom. The van der Waals surface area contributed by atoms with Crippen LogP contribution in [0.15, 0.2) is 78.4 Å². The minimum Gasteiger partial charge on any atom is -0.507 e. The third-order valence-electron chi connectivity index (χ3n) is 6.01.